The van der Waals surface area contributed by atoms with Crippen LogP contribution >= 0.6 is 0 Å². The monoisotopic (exact) mass is 305 g/mol. The smallest absolute Gasteiger partial charge is 0.253 e. The van der Waals surface area contributed by atoms with Gasteiger partial charge < -0.3 is 14.0 Å². The van der Waals surface area contributed by atoms with Crippen molar-refractivity contribution >= 4 is 16.8 Å². The van der Waals surface area contributed by atoms with Crippen LogP contribution in [0.25, 0.3) is 10.9 Å². The summed E-state index contributed by atoms with van der Waals surface area (Å²) < 4.78 is 12.7. The van der Waals surface area contributed by atoms with Gasteiger partial charge in [0.15, 0.2) is 16.9 Å². The lowest BCUT2D eigenvalue weighted by molar-refractivity contribution is -0.121. The number of aromatic nitrogens is 1. The lowest BCUT2D eigenvalue weighted by Gasteiger charge is -2.15. The van der Waals surface area contributed by atoms with Crippen LogP contribution in [-0.4, -0.2) is 23.7 Å². The molecule has 0 fully saturated rings. The van der Waals surface area contributed by atoms with E-state index in [4.69, 9.17) is 15.3 Å². The summed E-state index contributed by atoms with van der Waals surface area (Å²) in [5.74, 6) is 5.79. The second-order valence-electron chi connectivity index (χ2n) is 4.56. The summed E-state index contributed by atoms with van der Waals surface area (Å²) >= 11 is 0. The lowest BCUT2D eigenvalue weighted by atomic mass is 10.1. The summed E-state index contributed by atoms with van der Waals surface area (Å²) in [6.07, 6.45) is 1.55. The minimum Gasteiger partial charge on any atom is -0.490 e. The van der Waals surface area contributed by atoms with E-state index in [2.05, 4.69) is 5.43 Å². The van der Waals surface area contributed by atoms with E-state index < -0.39 is 0 Å². The van der Waals surface area contributed by atoms with E-state index in [1.54, 1.807) is 22.9 Å². The van der Waals surface area contributed by atoms with E-state index in [-0.39, 0.29) is 17.9 Å². The minimum absolute atomic E-state index is 0.00677. The molecule has 0 aliphatic carbocycles. The third-order valence-corrected chi connectivity index (χ3v) is 3.12. The summed E-state index contributed by atoms with van der Waals surface area (Å²) in [7, 11) is 0. The van der Waals surface area contributed by atoms with E-state index in [9.17, 15) is 9.59 Å². The molecule has 0 aliphatic heterocycles. The third-order valence-electron chi connectivity index (χ3n) is 3.12. The molecule has 118 valence electrons. The van der Waals surface area contributed by atoms with Gasteiger partial charge in [-0.25, -0.2) is 5.84 Å². The Morgan fingerprint density at radius 3 is 2.45 bits per heavy atom. The van der Waals surface area contributed by atoms with Crippen LogP contribution in [0.3, 0.4) is 0 Å². The van der Waals surface area contributed by atoms with Gasteiger partial charge in [0.2, 0.25) is 0 Å². The number of amides is 1. The van der Waals surface area contributed by atoms with Crippen LogP contribution in [0.5, 0.6) is 11.5 Å². The Morgan fingerprint density at radius 2 is 1.86 bits per heavy atom. The molecule has 1 aromatic carbocycles. The standard InChI is InChI=1S/C15H19N3O4/c1-3-21-13-7-10-11(8-14(13)22-4-2)18(6-5-12(10)19)9-15(20)17-16/h5-8H,3-4,9,16H2,1-2H3,(H,17,20). The number of nitrogens with one attached hydrogen (secondary N) is 1. The summed E-state index contributed by atoms with van der Waals surface area (Å²) in [6.45, 7) is 4.65. The van der Waals surface area contributed by atoms with E-state index in [0.717, 1.165) is 0 Å². The molecule has 3 N–H and O–H groups in total. The Bertz CT molecular complexity index is 739. The van der Waals surface area contributed by atoms with Crippen LogP contribution in [0.2, 0.25) is 0 Å². The van der Waals surface area contributed by atoms with Crippen molar-refractivity contribution in [1.29, 1.82) is 0 Å². The molecule has 1 amide bonds. The highest BCUT2D eigenvalue weighted by molar-refractivity contribution is 5.85. The van der Waals surface area contributed by atoms with E-state index in [0.29, 0.717) is 35.6 Å². The summed E-state index contributed by atoms with van der Waals surface area (Å²) in [5.41, 5.74) is 2.51. The molecule has 0 saturated heterocycles. The van der Waals surface area contributed by atoms with Gasteiger partial charge >= 0.3 is 0 Å². The molecular formula is C15H19N3O4. The van der Waals surface area contributed by atoms with Gasteiger partial charge in [-0.15, -0.1) is 0 Å². The van der Waals surface area contributed by atoms with Crippen LogP contribution in [0, 0.1) is 0 Å². The Hall–Kier alpha value is -2.54. The largest absolute Gasteiger partial charge is 0.490 e. The van der Waals surface area contributed by atoms with Crippen molar-refractivity contribution in [1.82, 2.24) is 9.99 Å². The van der Waals surface area contributed by atoms with Gasteiger partial charge in [0.1, 0.15) is 6.54 Å². The SMILES string of the molecule is CCOc1cc2c(=O)ccn(CC(=O)NN)c2cc1OCC. The maximum atomic E-state index is 12.1. The number of benzene rings is 1. The number of nitrogens with zero attached hydrogens (tertiary/aromatic N) is 1. The number of pyridine rings is 1. The van der Waals surface area contributed by atoms with Gasteiger partial charge in [-0.3, -0.25) is 15.0 Å². The van der Waals surface area contributed by atoms with Crippen molar-refractivity contribution in [3.63, 3.8) is 0 Å². The molecule has 2 aromatic rings. The second kappa shape index (κ2) is 6.95. The predicted octanol–water partition coefficient (Wildman–Crippen LogP) is 0.789. The van der Waals surface area contributed by atoms with Crippen LogP contribution in [0.1, 0.15) is 13.8 Å². The highest BCUT2D eigenvalue weighted by Gasteiger charge is 2.12. The van der Waals surface area contributed by atoms with E-state index in [1.807, 2.05) is 13.8 Å². The van der Waals surface area contributed by atoms with Crippen LogP contribution in [0.15, 0.2) is 29.2 Å². The minimum atomic E-state index is -0.364. The second-order valence-corrected chi connectivity index (χ2v) is 4.56. The van der Waals surface area contributed by atoms with Crippen LogP contribution in [-0.2, 0) is 11.3 Å². The van der Waals surface area contributed by atoms with Gasteiger partial charge in [0, 0.05) is 23.7 Å². The first-order chi connectivity index (χ1) is 10.6. The molecule has 1 aromatic heterocycles. The number of nitrogens with two attached hydrogens (primary N) is 1. The third kappa shape index (κ3) is 3.20. The van der Waals surface area contributed by atoms with Gasteiger partial charge in [-0.1, -0.05) is 0 Å². The van der Waals surface area contributed by atoms with Crippen molar-refractivity contribution in [2.45, 2.75) is 20.4 Å². The Labute approximate surface area is 127 Å². The zero-order valence-corrected chi connectivity index (χ0v) is 12.6. The van der Waals surface area contributed by atoms with E-state index >= 15 is 0 Å². The molecule has 0 spiro atoms. The molecule has 7 heteroatoms. The fourth-order valence-electron chi connectivity index (χ4n) is 2.19. The summed E-state index contributed by atoms with van der Waals surface area (Å²) in [5, 5.41) is 0.458. The molecule has 0 atom stereocenters. The summed E-state index contributed by atoms with van der Waals surface area (Å²) in [6, 6.07) is 4.75. The molecule has 0 radical (unpaired) electrons. The molecule has 2 rings (SSSR count). The fourth-order valence-corrected chi connectivity index (χ4v) is 2.19. The average molecular weight is 305 g/mol. The number of fused-ring (bicyclic) bond motifs is 1. The number of ether oxygens (including phenoxy) is 2. The molecule has 1 heterocycles. The van der Waals surface area contributed by atoms with Crippen LogP contribution in [0.4, 0.5) is 0 Å². The Morgan fingerprint density at radius 1 is 1.23 bits per heavy atom. The zero-order chi connectivity index (χ0) is 16.1. The van der Waals surface area contributed by atoms with Gasteiger partial charge in [0.05, 0.1) is 18.7 Å². The number of hydrazine groups is 1. The van der Waals surface area contributed by atoms with Gasteiger partial charge in [-0.05, 0) is 19.9 Å². The molecule has 0 unspecified atom stereocenters. The first-order valence-corrected chi connectivity index (χ1v) is 7.03. The van der Waals surface area contributed by atoms with E-state index in [1.165, 1.54) is 6.07 Å². The topological polar surface area (TPSA) is 95.6 Å². The quantitative estimate of drug-likeness (QED) is 0.467. The highest BCUT2D eigenvalue weighted by Crippen LogP contribution is 2.31. The van der Waals surface area contributed by atoms with Gasteiger partial charge in [0.25, 0.3) is 5.91 Å². The summed E-state index contributed by atoms with van der Waals surface area (Å²) in [4.78, 5) is 23.6. The Kier molecular flexibility index (Phi) is 5.00. The Balaban J connectivity index is 2.64. The number of hydrogen-bond acceptors (Lipinski definition) is 5. The number of rotatable bonds is 6. The van der Waals surface area contributed by atoms with Gasteiger partial charge in [-0.2, -0.15) is 0 Å². The van der Waals surface area contributed by atoms with Crippen molar-refractivity contribution < 1.29 is 14.3 Å². The predicted molar refractivity (Wildman–Crippen MR) is 82.9 cm³/mol. The number of carbonyl (C=O) groups is 1. The molecule has 0 bridgehead atoms. The first-order valence-electron chi connectivity index (χ1n) is 7.03. The molecule has 22 heavy (non-hydrogen) atoms. The number of carbonyl (C=O) groups excluding carboxylic acids is 1. The van der Waals surface area contributed by atoms with Crippen molar-refractivity contribution in [2.75, 3.05) is 13.2 Å². The molecule has 7 nitrogen and oxygen atoms in total. The van der Waals surface area contributed by atoms with Crippen molar-refractivity contribution in [3.8, 4) is 11.5 Å². The average Bonchev–Trinajstić information content (AvgIpc) is 2.51. The first kappa shape index (κ1) is 15.8. The normalized spacial score (nSPS) is 10.5. The maximum absolute atomic E-state index is 12.1. The lowest BCUT2D eigenvalue weighted by Crippen LogP contribution is -2.33. The fraction of sp³-hybridized carbons (Fsp3) is 0.333. The van der Waals surface area contributed by atoms with Crippen LogP contribution < -0.4 is 26.2 Å². The highest BCUT2D eigenvalue weighted by atomic mass is 16.5. The van der Waals surface area contributed by atoms with Crippen molar-refractivity contribution in [2.24, 2.45) is 5.84 Å². The molecule has 0 saturated carbocycles. The molecular weight excluding hydrogens is 286 g/mol. The molecule has 0 aliphatic rings. The zero-order valence-electron chi connectivity index (χ0n) is 12.6. The van der Waals surface area contributed by atoms with Crippen molar-refractivity contribution in [3.05, 3.63) is 34.6 Å². The maximum Gasteiger partial charge on any atom is 0.253 e. The number of hydrogen-bond donors (Lipinski definition) is 2.